The SMILES string of the molecule is O=C1NC(=S)S/C1=C\c1cc2cncc(-c3cn[nH]c3)c2o1. The summed E-state index contributed by atoms with van der Waals surface area (Å²) in [7, 11) is 0. The number of fused-ring (bicyclic) bond motifs is 1. The van der Waals surface area contributed by atoms with E-state index in [-0.39, 0.29) is 5.91 Å². The topological polar surface area (TPSA) is 83.8 Å². The van der Waals surface area contributed by atoms with Gasteiger partial charge in [0.05, 0.1) is 11.1 Å². The Balaban J connectivity index is 1.82. The molecular weight excluding hydrogens is 320 g/mol. The van der Waals surface area contributed by atoms with E-state index >= 15 is 0 Å². The Kier molecular flexibility index (Phi) is 3.05. The predicted octanol–water partition coefficient (Wildman–Crippen LogP) is 2.71. The number of pyridine rings is 1. The van der Waals surface area contributed by atoms with Crippen LogP contribution in [0.2, 0.25) is 0 Å². The van der Waals surface area contributed by atoms with E-state index in [0.717, 1.165) is 16.5 Å². The maximum absolute atomic E-state index is 11.7. The molecule has 1 aliphatic heterocycles. The molecule has 1 amide bonds. The number of hydrogen-bond acceptors (Lipinski definition) is 6. The van der Waals surface area contributed by atoms with Crippen LogP contribution < -0.4 is 5.32 Å². The van der Waals surface area contributed by atoms with Gasteiger partial charge in [-0.1, -0.05) is 24.0 Å². The lowest BCUT2D eigenvalue weighted by atomic mass is 10.1. The molecule has 0 spiro atoms. The summed E-state index contributed by atoms with van der Waals surface area (Å²) in [6, 6.07) is 1.84. The third kappa shape index (κ3) is 2.22. The minimum atomic E-state index is -0.205. The van der Waals surface area contributed by atoms with Gasteiger partial charge >= 0.3 is 0 Å². The number of carbonyl (C=O) groups is 1. The molecule has 4 heterocycles. The van der Waals surface area contributed by atoms with Crippen LogP contribution in [0.1, 0.15) is 5.76 Å². The molecule has 3 aromatic heterocycles. The number of H-pyrrole nitrogens is 1. The number of hydrogen-bond donors (Lipinski definition) is 2. The monoisotopic (exact) mass is 328 g/mol. The molecule has 108 valence electrons. The van der Waals surface area contributed by atoms with Gasteiger partial charge in [0.1, 0.15) is 15.7 Å². The van der Waals surface area contributed by atoms with Gasteiger partial charge in [0.2, 0.25) is 0 Å². The van der Waals surface area contributed by atoms with Gasteiger partial charge in [-0.3, -0.25) is 14.9 Å². The van der Waals surface area contributed by atoms with E-state index in [2.05, 4.69) is 20.5 Å². The molecular formula is C14H8N4O2S2. The summed E-state index contributed by atoms with van der Waals surface area (Å²) < 4.78 is 6.33. The normalized spacial score (nSPS) is 16.6. The van der Waals surface area contributed by atoms with Crippen molar-refractivity contribution in [3.05, 3.63) is 41.5 Å². The second kappa shape index (κ2) is 5.08. The van der Waals surface area contributed by atoms with Crippen LogP contribution in [0.15, 0.2) is 40.2 Å². The first-order chi connectivity index (χ1) is 10.7. The number of thiocarbonyl (C=S) groups is 1. The Bertz CT molecular complexity index is 928. The summed E-state index contributed by atoms with van der Waals surface area (Å²) in [6.07, 6.45) is 8.60. The highest BCUT2D eigenvalue weighted by Crippen LogP contribution is 2.32. The van der Waals surface area contributed by atoms with Gasteiger partial charge in [-0.2, -0.15) is 5.10 Å². The van der Waals surface area contributed by atoms with Gasteiger partial charge in [0.15, 0.2) is 0 Å². The molecule has 1 aliphatic rings. The van der Waals surface area contributed by atoms with Crippen molar-refractivity contribution in [1.82, 2.24) is 20.5 Å². The summed E-state index contributed by atoms with van der Waals surface area (Å²) in [5.74, 6) is 0.374. The van der Waals surface area contributed by atoms with Crippen LogP contribution >= 0.6 is 24.0 Å². The standard InChI is InChI=1S/C14H8N4O2S2/c19-13-11(22-14(21)18-13)2-9-1-7-3-15-6-10(12(7)20-9)8-4-16-17-5-8/h1-6H,(H,16,17)(H,18,19,21)/b11-2-. The number of nitrogens with one attached hydrogen (secondary N) is 2. The Hall–Kier alpha value is -2.45. The molecule has 0 bridgehead atoms. The number of aromatic nitrogens is 3. The smallest absolute Gasteiger partial charge is 0.263 e. The number of furan rings is 1. The average molecular weight is 328 g/mol. The molecule has 22 heavy (non-hydrogen) atoms. The van der Waals surface area contributed by atoms with Gasteiger partial charge < -0.3 is 9.73 Å². The molecule has 0 saturated carbocycles. The number of carbonyl (C=O) groups excluding carboxylic acids is 1. The number of amides is 1. The van der Waals surface area contributed by atoms with Crippen LogP contribution in [0.3, 0.4) is 0 Å². The van der Waals surface area contributed by atoms with Crippen molar-refractivity contribution in [3.63, 3.8) is 0 Å². The summed E-state index contributed by atoms with van der Waals surface area (Å²) >= 11 is 6.19. The Morgan fingerprint density at radius 2 is 2.23 bits per heavy atom. The lowest BCUT2D eigenvalue weighted by molar-refractivity contribution is -0.115. The maximum atomic E-state index is 11.7. The van der Waals surface area contributed by atoms with Crippen LogP contribution in [-0.2, 0) is 4.79 Å². The van der Waals surface area contributed by atoms with Crippen LogP contribution in [0, 0.1) is 0 Å². The van der Waals surface area contributed by atoms with Gasteiger partial charge in [-0.05, 0) is 6.07 Å². The fourth-order valence-corrected chi connectivity index (χ4v) is 3.23. The molecule has 0 radical (unpaired) electrons. The largest absolute Gasteiger partial charge is 0.456 e. The van der Waals surface area contributed by atoms with Gasteiger partial charge in [0.25, 0.3) is 5.91 Å². The van der Waals surface area contributed by atoms with Crippen molar-refractivity contribution in [3.8, 4) is 11.1 Å². The molecule has 2 N–H and O–H groups in total. The molecule has 8 heteroatoms. The third-order valence-corrected chi connectivity index (χ3v) is 4.33. The Morgan fingerprint density at radius 1 is 1.32 bits per heavy atom. The van der Waals surface area contributed by atoms with E-state index < -0.39 is 0 Å². The first-order valence-corrected chi connectivity index (χ1v) is 7.55. The van der Waals surface area contributed by atoms with E-state index in [1.54, 1.807) is 30.9 Å². The second-order valence-electron chi connectivity index (χ2n) is 4.59. The lowest BCUT2D eigenvalue weighted by Gasteiger charge is -1.96. The molecule has 0 aromatic carbocycles. The van der Waals surface area contributed by atoms with Crippen molar-refractivity contribution in [1.29, 1.82) is 0 Å². The lowest BCUT2D eigenvalue weighted by Crippen LogP contribution is -2.17. The van der Waals surface area contributed by atoms with Gasteiger partial charge in [-0.25, -0.2) is 0 Å². The summed E-state index contributed by atoms with van der Waals surface area (Å²) in [5.41, 5.74) is 2.44. The highest BCUT2D eigenvalue weighted by atomic mass is 32.2. The van der Waals surface area contributed by atoms with E-state index in [4.69, 9.17) is 16.6 Å². The Labute approximate surface area is 134 Å². The van der Waals surface area contributed by atoms with Crippen LogP contribution in [-0.4, -0.2) is 25.4 Å². The predicted molar refractivity (Wildman–Crippen MR) is 87.9 cm³/mol. The molecule has 6 nitrogen and oxygen atoms in total. The number of aromatic amines is 1. The first-order valence-electron chi connectivity index (χ1n) is 6.32. The van der Waals surface area contributed by atoms with Crippen molar-refractivity contribution >= 4 is 51.3 Å². The van der Waals surface area contributed by atoms with Crippen molar-refractivity contribution in [2.45, 2.75) is 0 Å². The molecule has 1 fully saturated rings. The zero-order valence-corrected chi connectivity index (χ0v) is 12.6. The van der Waals surface area contributed by atoms with Crippen LogP contribution in [0.5, 0.6) is 0 Å². The van der Waals surface area contributed by atoms with Crippen molar-refractivity contribution in [2.75, 3.05) is 0 Å². The maximum Gasteiger partial charge on any atom is 0.263 e. The zero-order valence-electron chi connectivity index (χ0n) is 11.0. The fraction of sp³-hybridized carbons (Fsp3) is 0. The number of thioether (sulfide) groups is 1. The molecule has 0 atom stereocenters. The molecule has 1 saturated heterocycles. The van der Waals surface area contributed by atoms with E-state index in [0.29, 0.717) is 20.6 Å². The van der Waals surface area contributed by atoms with E-state index in [9.17, 15) is 4.79 Å². The quantitative estimate of drug-likeness (QED) is 0.556. The van der Waals surface area contributed by atoms with Gasteiger partial charge in [0, 0.05) is 41.2 Å². The molecule has 4 rings (SSSR count). The van der Waals surface area contributed by atoms with E-state index in [1.165, 1.54) is 11.8 Å². The third-order valence-electron chi connectivity index (χ3n) is 3.17. The minimum absolute atomic E-state index is 0.205. The summed E-state index contributed by atoms with van der Waals surface area (Å²) in [5, 5.41) is 10.1. The highest BCUT2D eigenvalue weighted by molar-refractivity contribution is 8.26. The summed E-state index contributed by atoms with van der Waals surface area (Å²) in [6.45, 7) is 0. The minimum Gasteiger partial charge on any atom is -0.456 e. The molecule has 3 aromatic rings. The zero-order chi connectivity index (χ0) is 15.1. The van der Waals surface area contributed by atoms with Crippen molar-refractivity contribution in [2.24, 2.45) is 0 Å². The van der Waals surface area contributed by atoms with E-state index in [1.807, 2.05) is 6.07 Å². The Morgan fingerprint density at radius 3 is 2.95 bits per heavy atom. The highest BCUT2D eigenvalue weighted by Gasteiger charge is 2.22. The van der Waals surface area contributed by atoms with Crippen LogP contribution in [0.4, 0.5) is 0 Å². The summed E-state index contributed by atoms with van der Waals surface area (Å²) in [4.78, 5) is 16.4. The molecule has 0 unspecified atom stereocenters. The molecule has 0 aliphatic carbocycles. The van der Waals surface area contributed by atoms with Gasteiger partial charge in [-0.15, -0.1) is 0 Å². The second-order valence-corrected chi connectivity index (χ2v) is 6.31. The van der Waals surface area contributed by atoms with Crippen LogP contribution in [0.25, 0.3) is 28.2 Å². The first kappa shape index (κ1) is 13.2. The number of nitrogens with zero attached hydrogens (tertiary/aromatic N) is 2. The van der Waals surface area contributed by atoms with Crippen molar-refractivity contribution < 1.29 is 9.21 Å². The fourth-order valence-electron chi connectivity index (χ4n) is 2.21. The number of rotatable bonds is 2. The average Bonchev–Trinajstić information content (AvgIpc) is 3.19.